The molecule has 2 aromatic heterocycles. The molecule has 0 bridgehead atoms. The molecule has 8 nitrogen and oxygen atoms in total. The van der Waals surface area contributed by atoms with Crippen LogP contribution in [0.5, 0.6) is 0 Å². The molecule has 0 amide bonds. The fourth-order valence-corrected chi connectivity index (χ4v) is 3.25. The average Bonchev–Trinajstić information content (AvgIpc) is 2.96. The molecule has 1 atom stereocenters. The van der Waals surface area contributed by atoms with E-state index in [9.17, 15) is 0 Å². The summed E-state index contributed by atoms with van der Waals surface area (Å²) in [4.78, 5) is 12.9. The van der Waals surface area contributed by atoms with Gasteiger partial charge in [-0.1, -0.05) is 36.0 Å². The van der Waals surface area contributed by atoms with Crippen LogP contribution in [-0.2, 0) is 6.54 Å². The molecular formula is C17H20N8S. The molecule has 0 aliphatic carbocycles. The molecule has 0 aliphatic rings. The number of allylic oxidation sites excluding steroid dienone is 1. The highest BCUT2D eigenvalue weighted by molar-refractivity contribution is 7.99. The predicted octanol–water partition coefficient (Wildman–Crippen LogP) is 3.14. The zero-order valence-corrected chi connectivity index (χ0v) is 15.4. The molecule has 9 heteroatoms. The van der Waals surface area contributed by atoms with Crippen LogP contribution in [0.25, 0.3) is 0 Å². The van der Waals surface area contributed by atoms with Gasteiger partial charge < -0.3 is 15.6 Å². The van der Waals surface area contributed by atoms with E-state index in [-0.39, 0.29) is 11.2 Å². The fraction of sp³-hybridized carbons (Fsp3) is 0.235. The van der Waals surface area contributed by atoms with Crippen molar-refractivity contribution in [1.29, 1.82) is 0 Å². The Bertz CT molecular complexity index is 893. The van der Waals surface area contributed by atoms with Crippen LogP contribution >= 0.6 is 11.8 Å². The number of anilines is 3. The highest BCUT2D eigenvalue weighted by Gasteiger charge is 2.18. The maximum absolute atomic E-state index is 5.87. The number of para-hydroxylation sites is 1. The van der Waals surface area contributed by atoms with Gasteiger partial charge in [0.15, 0.2) is 5.16 Å². The van der Waals surface area contributed by atoms with E-state index in [1.54, 1.807) is 0 Å². The minimum absolute atomic E-state index is 0.0798. The van der Waals surface area contributed by atoms with E-state index < -0.39 is 0 Å². The number of hydrogen-bond donors (Lipinski definition) is 2. The minimum Gasteiger partial charge on any atom is -0.368 e. The van der Waals surface area contributed by atoms with E-state index in [1.165, 1.54) is 11.8 Å². The van der Waals surface area contributed by atoms with Crippen molar-refractivity contribution in [2.75, 3.05) is 11.1 Å². The Labute approximate surface area is 156 Å². The first-order valence-corrected chi connectivity index (χ1v) is 8.95. The second kappa shape index (κ2) is 7.96. The molecule has 134 valence electrons. The highest BCUT2D eigenvalue weighted by Crippen LogP contribution is 2.32. The average molecular weight is 368 g/mol. The summed E-state index contributed by atoms with van der Waals surface area (Å²) in [5.74, 6) is 1.99. The molecule has 3 rings (SSSR count). The summed E-state index contributed by atoms with van der Waals surface area (Å²) in [5, 5.41) is 12.2. The first-order chi connectivity index (χ1) is 12.6. The van der Waals surface area contributed by atoms with Gasteiger partial charge in [0, 0.05) is 12.2 Å². The van der Waals surface area contributed by atoms with Crippen molar-refractivity contribution in [3.63, 3.8) is 0 Å². The zero-order valence-electron chi connectivity index (χ0n) is 14.6. The molecule has 0 saturated carbocycles. The third kappa shape index (κ3) is 4.17. The zero-order chi connectivity index (χ0) is 18.5. The molecular weight excluding hydrogens is 348 g/mol. The van der Waals surface area contributed by atoms with Gasteiger partial charge in [-0.25, -0.2) is 0 Å². The summed E-state index contributed by atoms with van der Waals surface area (Å²) in [7, 11) is 0. The summed E-state index contributed by atoms with van der Waals surface area (Å²) in [6, 6.07) is 9.66. The van der Waals surface area contributed by atoms with Gasteiger partial charge in [-0.15, -0.1) is 16.8 Å². The molecule has 2 heterocycles. The third-order valence-electron chi connectivity index (χ3n) is 3.56. The van der Waals surface area contributed by atoms with E-state index in [4.69, 9.17) is 5.73 Å². The Morgan fingerprint density at radius 3 is 2.73 bits per heavy atom. The summed E-state index contributed by atoms with van der Waals surface area (Å²) in [6.45, 7) is 8.33. The number of benzene rings is 1. The fourth-order valence-electron chi connectivity index (χ4n) is 2.30. The smallest absolute Gasteiger partial charge is 0.232 e. The van der Waals surface area contributed by atoms with Crippen molar-refractivity contribution in [2.24, 2.45) is 0 Å². The number of aromatic nitrogens is 6. The lowest BCUT2D eigenvalue weighted by molar-refractivity contribution is 0.700. The Balaban J connectivity index is 1.81. The van der Waals surface area contributed by atoms with E-state index >= 15 is 0 Å². The van der Waals surface area contributed by atoms with Crippen LogP contribution in [0, 0.1) is 6.92 Å². The van der Waals surface area contributed by atoms with Gasteiger partial charge in [0.2, 0.25) is 11.9 Å². The summed E-state index contributed by atoms with van der Waals surface area (Å²) < 4.78 is 1.99. The number of rotatable bonds is 7. The number of thioether (sulfide) groups is 1. The van der Waals surface area contributed by atoms with Gasteiger partial charge in [-0.3, -0.25) is 0 Å². The molecule has 0 saturated heterocycles. The van der Waals surface area contributed by atoms with Crippen LogP contribution in [0.1, 0.15) is 23.8 Å². The predicted molar refractivity (Wildman–Crippen MR) is 103 cm³/mol. The number of nitrogens with one attached hydrogen (secondary N) is 1. The number of nitrogens with zero attached hydrogens (tertiary/aromatic N) is 6. The van der Waals surface area contributed by atoms with Crippen molar-refractivity contribution >= 4 is 29.3 Å². The molecule has 26 heavy (non-hydrogen) atoms. The van der Waals surface area contributed by atoms with Crippen molar-refractivity contribution < 1.29 is 0 Å². The van der Waals surface area contributed by atoms with E-state index in [0.29, 0.717) is 18.3 Å². The monoisotopic (exact) mass is 368 g/mol. The molecule has 3 aromatic rings. The lowest BCUT2D eigenvalue weighted by atomic mass is 10.3. The quantitative estimate of drug-likeness (QED) is 0.484. The van der Waals surface area contributed by atoms with Crippen LogP contribution in [0.3, 0.4) is 0 Å². The first kappa shape index (κ1) is 17.9. The standard InChI is InChI=1S/C17H20N8S/c1-4-10-25-12(3)23-24-17(25)26-11(2)14-20-15(18)22-16(21-14)19-13-8-6-5-7-9-13/h4-9,11H,1,10H2,2-3H3,(H3,18,19,20,21,22). The van der Waals surface area contributed by atoms with Crippen molar-refractivity contribution in [2.45, 2.75) is 30.8 Å². The van der Waals surface area contributed by atoms with Crippen molar-refractivity contribution in [3.8, 4) is 0 Å². The van der Waals surface area contributed by atoms with Crippen LogP contribution in [-0.4, -0.2) is 29.7 Å². The van der Waals surface area contributed by atoms with Gasteiger partial charge in [0.05, 0.1) is 5.25 Å². The van der Waals surface area contributed by atoms with Gasteiger partial charge in [-0.05, 0) is 26.0 Å². The lowest BCUT2D eigenvalue weighted by Crippen LogP contribution is -2.09. The molecule has 0 spiro atoms. The Morgan fingerprint density at radius 1 is 1.23 bits per heavy atom. The van der Waals surface area contributed by atoms with Gasteiger partial charge in [-0.2, -0.15) is 15.0 Å². The molecule has 0 aliphatic heterocycles. The Morgan fingerprint density at radius 2 is 2.00 bits per heavy atom. The van der Waals surface area contributed by atoms with E-state index in [2.05, 4.69) is 37.0 Å². The molecule has 1 aromatic carbocycles. The first-order valence-electron chi connectivity index (χ1n) is 8.07. The maximum Gasteiger partial charge on any atom is 0.232 e. The number of nitrogen functional groups attached to an aromatic ring is 1. The number of aryl methyl sites for hydroxylation is 1. The summed E-state index contributed by atoms with van der Waals surface area (Å²) in [5.41, 5.74) is 6.75. The van der Waals surface area contributed by atoms with E-state index in [0.717, 1.165) is 16.7 Å². The van der Waals surface area contributed by atoms with Gasteiger partial charge in [0.1, 0.15) is 11.6 Å². The van der Waals surface area contributed by atoms with Crippen LogP contribution < -0.4 is 11.1 Å². The molecule has 3 N–H and O–H groups in total. The Kier molecular flexibility index (Phi) is 5.47. The SMILES string of the molecule is C=CCn1c(C)nnc1SC(C)c1nc(N)nc(Nc2ccccc2)n1. The summed E-state index contributed by atoms with van der Waals surface area (Å²) >= 11 is 1.51. The molecule has 1 unspecified atom stereocenters. The second-order valence-corrected chi connectivity index (χ2v) is 6.86. The summed E-state index contributed by atoms with van der Waals surface area (Å²) in [6.07, 6.45) is 1.81. The largest absolute Gasteiger partial charge is 0.368 e. The van der Waals surface area contributed by atoms with Crippen LogP contribution in [0.2, 0.25) is 0 Å². The molecule has 0 radical (unpaired) electrons. The highest BCUT2D eigenvalue weighted by atomic mass is 32.2. The van der Waals surface area contributed by atoms with Crippen molar-refractivity contribution in [1.82, 2.24) is 29.7 Å². The number of hydrogen-bond acceptors (Lipinski definition) is 8. The number of nitrogens with two attached hydrogens (primary N) is 1. The van der Waals surface area contributed by atoms with E-state index in [1.807, 2.05) is 54.8 Å². The minimum atomic E-state index is -0.0798. The van der Waals surface area contributed by atoms with Gasteiger partial charge >= 0.3 is 0 Å². The third-order valence-corrected chi connectivity index (χ3v) is 4.64. The lowest BCUT2D eigenvalue weighted by Gasteiger charge is -2.12. The van der Waals surface area contributed by atoms with Gasteiger partial charge in [0.25, 0.3) is 0 Å². The normalized spacial score (nSPS) is 11.9. The van der Waals surface area contributed by atoms with Crippen LogP contribution in [0.4, 0.5) is 17.6 Å². The van der Waals surface area contributed by atoms with Crippen LogP contribution in [0.15, 0.2) is 48.1 Å². The Hall–Kier alpha value is -2.94. The maximum atomic E-state index is 5.87. The van der Waals surface area contributed by atoms with Crippen molar-refractivity contribution in [3.05, 3.63) is 54.6 Å². The molecule has 0 fully saturated rings. The topological polar surface area (TPSA) is 107 Å². The second-order valence-electron chi connectivity index (χ2n) is 5.56.